The second-order valence-electron chi connectivity index (χ2n) is 5.22. The highest BCUT2D eigenvalue weighted by molar-refractivity contribution is 5.60. The summed E-state index contributed by atoms with van der Waals surface area (Å²) in [7, 11) is 1.47. The average molecular weight is 324 g/mol. The smallest absolute Gasteiger partial charge is 0.433 e. The van der Waals surface area contributed by atoms with Crippen molar-refractivity contribution in [2.24, 2.45) is 0 Å². The van der Waals surface area contributed by atoms with Gasteiger partial charge in [0.1, 0.15) is 0 Å². The maximum atomic E-state index is 13.1. The van der Waals surface area contributed by atoms with Crippen LogP contribution in [0.5, 0.6) is 5.88 Å². The number of hydrogen-bond acceptors (Lipinski definition) is 5. The second kappa shape index (κ2) is 6.02. The molecule has 0 bridgehead atoms. The Balaban J connectivity index is 2.05. The number of pyridine rings is 1. The molecule has 0 atom stereocenters. The monoisotopic (exact) mass is 324 g/mol. The van der Waals surface area contributed by atoms with Gasteiger partial charge in [-0.1, -0.05) is 0 Å². The van der Waals surface area contributed by atoms with Crippen molar-refractivity contribution in [3.05, 3.63) is 30.1 Å². The maximum Gasteiger partial charge on any atom is 0.433 e. The molecule has 0 unspecified atom stereocenters. The minimum absolute atomic E-state index is 0.114. The molecule has 3 rings (SSSR count). The lowest BCUT2D eigenvalue weighted by Crippen LogP contribution is -2.22. The lowest BCUT2D eigenvalue weighted by Gasteiger charge is -2.18. The predicted molar refractivity (Wildman–Crippen MR) is 78.3 cm³/mol. The van der Waals surface area contributed by atoms with Crippen molar-refractivity contribution in [2.45, 2.75) is 19.0 Å². The average Bonchev–Trinajstić information content (AvgIpc) is 3.08. The Morgan fingerprint density at radius 1 is 1.13 bits per heavy atom. The molecule has 0 radical (unpaired) electrons. The summed E-state index contributed by atoms with van der Waals surface area (Å²) >= 11 is 0. The van der Waals surface area contributed by atoms with Crippen LogP contribution in [0, 0.1) is 0 Å². The Morgan fingerprint density at radius 2 is 1.87 bits per heavy atom. The molecular weight excluding hydrogens is 309 g/mol. The molecule has 1 saturated heterocycles. The van der Waals surface area contributed by atoms with Gasteiger partial charge in [0.25, 0.3) is 0 Å². The molecule has 1 aliphatic rings. The Labute approximate surface area is 131 Å². The van der Waals surface area contributed by atoms with Crippen LogP contribution in [0.2, 0.25) is 0 Å². The first-order valence-corrected chi connectivity index (χ1v) is 7.19. The quantitative estimate of drug-likeness (QED) is 0.868. The SMILES string of the molecule is COc1ccc(-c2cc(C(F)(F)F)nc(N3CCCC3)n2)cn1. The van der Waals surface area contributed by atoms with Crippen LogP contribution in [-0.2, 0) is 6.18 Å². The van der Waals surface area contributed by atoms with E-state index in [0.29, 0.717) is 24.5 Å². The van der Waals surface area contributed by atoms with Crippen LogP contribution >= 0.6 is 0 Å². The number of methoxy groups -OCH3 is 1. The third-order valence-electron chi connectivity index (χ3n) is 3.63. The molecular formula is C15H15F3N4O. The van der Waals surface area contributed by atoms with Crippen molar-refractivity contribution in [3.8, 4) is 17.1 Å². The summed E-state index contributed by atoms with van der Waals surface area (Å²) < 4.78 is 44.3. The zero-order valence-electron chi connectivity index (χ0n) is 12.5. The fraction of sp³-hybridized carbons (Fsp3) is 0.400. The highest BCUT2D eigenvalue weighted by Crippen LogP contribution is 2.32. The van der Waals surface area contributed by atoms with Gasteiger partial charge in [0.05, 0.1) is 12.8 Å². The van der Waals surface area contributed by atoms with Gasteiger partial charge in [-0.05, 0) is 25.0 Å². The molecule has 0 aromatic carbocycles. The molecule has 0 saturated carbocycles. The van der Waals surface area contributed by atoms with E-state index in [2.05, 4.69) is 15.0 Å². The summed E-state index contributed by atoms with van der Waals surface area (Å²) in [6.45, 7) is 1.34. The van der Waals surface area contributed by atoms with Crippen LogP contribution in [0.15, 0.2) is 24.4 Å². The van der Waals surface area contributed by atoms with Crippen LogP contribution in [0.1, 0.15) is 18.5 Å². The molecule has 5 nitrogen and oxygen atoms in total. The third-order valence-corrected chi connectivity index (χ3v) is 3.63. The molecule has 2 aromatic rings. The third kappa shape index (κ3) is 3.35. The molecule has 1 fully saturated rings. The molecule has 8 heteroatoms. The summed E-state index contributed by atoms with van der Waals surface area (Å²) in [6.07, 6.45) is -1.22. The number of halogens is 3. The summed E-state index contributed by atoms with van der Waals surface area (Å²) in [5.41, 5.74) is -0.260. The Hall–Kier alpha value is -2.38. The van der Waals surface area contributed by atoms with E-state index in [0.717, 1.165) is 18.9 Å². The first-order chi connectivity index (χ1) is 11.0. The molecule has 3 heterocycles. The molecule has 23 heavy (non-hydrogen) atoms. The van der Waals surface area contributed by atoms with Crippen molar-refractivity contribution in [3.63, 3.8) is 0 Å². The summed E-state index contributed by atoms with van der Waals surface area (Å²) in [4.78, 5) is 13.8. The van der Waals surface area contributed by atoms with Gasteiger partial charge in [-0.2, -0.15) is 13.2 Å². The van der Waals surface area contributed by atoms with Gasteiger partial charge in [-0.15, -0.1) is 0 Å². The first-order valence-electron chi connectivity index (χ1n) is 7.19. The van der Waals surface area contributed by atoms with E-state index in [9.17, 15) is 13.2 Å². The van der Waals surface area contributed by atoms with Crippen molar-refractivity contribution in [1.82, 2.24) is 15.0 Å². The number of rotatable bonds is 3. The van der Waals surface area contributed by atoms with E-state index in [1.54, 1.807) is 17.0 Å². The fourth-order valence-corrected chi connectivity index (χ4v) is 2.44. The van der Waals surface area contributed by atoms with Gasteiger partial charge in [0.15, 0.2) is 5.69 Å². The van der Waals surface area contributed by atoms with Gasteiger partial charge in [-0.3, -0.25) is 0 Å². The maximum absolute atomic E-state index is 13.1. The fourth-order valence-electron chi connectivity index (χ4n) is 2.44. The van der Waals surface area contributed by atoms with Gasteiger partial charge < -0.3 is 9.64 Å². The largest absolute Gasteiger partial charge is 0.481 e. The Bertz CT molecular complexity index is 682. The van der Waals surface area contributed by atoms with E-state index in [1.807, 2.05) is 0 Å². The van der Waals surface area contributed by atoms with E-state index >= 15 is 0 Å². The minimum atomic E-state index is -4.52. The summed E-state index contributed by atoms with van der Waals surface area (Å²) in [5, 5.41) is 0. The van der Waals surface area contributed by atoms with Gasteiger partial charge >= 0.3 is 6.18 Å². The molecule has 2 aromatic heterocycles. The molecule has 122 valence electrons. The Kier molecular flexibility index (Phi) is 4.06. The van der Waals surface area contributed by atoms with E-state index in [4.69, 9.17) is 4.74 Å². The van der Waals surface area contributed by atoms with E-state index in [1.165, 1.54) is 13.3 Å². The first kappa shape index (κ1) is 15.5. The van der Waals surface area contributed by atoms with Crippen molar-refractivity contribution >= 4 is 5.95 Å². The predicted octanol–water partition coefficient (Wildman–Crippen LogP) is 3.17. The zero-order chi connectivity index (χ0) is 16.4. The van der Waals surface area contributed by atoms with Crippen LogP contribution < -0.4 is 9.64 Å². The number of ether oxygens (including phenoxy) is 1. The molecule has 1 aliphatic heterocycles. The minimum Gasteiger partial charge on any atom is -0.481 e. The van der Waals surface area contributed by atoms with Crippen molar-refractivity contribution in [1.29, 1.82) is 0 Å². The molecule has 0 N–H and O–H groups in total. The standard InChI is InChI=1S/C15H15F3N4O/c1-23-13-5-4-10(9-19-13)11-8-12(15(16,17)18)21-14(20-11)22-6-2-3-7-22/h4-5,8-9H,2-3,6-7H2,1H3. The zero-order valence-corrected chi connectivity index (χ0v) is 12.5. The molecule has 0 aliphatic carbocycles. The molecule has 0 amide bonds. The number of hydrogen-bond donors (Lipinski definition) is 0. The highest BCUT2D eigenvalue weighted by atomic mass is 19.4. The summed E-state index contributed by atoms with van der Waals surface area (Å²) in [5.74, 6) is 0.502. The van der Waals surface area contributed by atoms with Gasteiger partial charge in [0, 0.05) is 30.9 Å². The van der Waals surface area contributed by atoms with Crippen molar-refractivity contribution < 1.29 is 17.9 Å². The lowest BCUT2D eigenvalue weighted by atomic mass is 10.2. The lowest BCUT2D eigenvalue weighted by molar-refractivity contribution is -0.141. The topological polar surface area (TPSA) is 51.1 Å². The number of anilines is 1. The normalized spacial score (nSPS) is 15.0. The Morgan fingerprint density at radius 3 is 2.43 bits per heavy atom. The van der Waals surface area contributed by atoms with Crippen LogP contribution in [0.3, 0.4) is 0 Å². The van der Waals surface area contributed by atoms with Gasteiger partial charge in [0.2, 0.25) is 11.8 Å². The van der Waals surface area contributed by atoms with E-state index < -0.39 is 11.9 Å². The van der Waals surface area contributed by atoms with Crippen LogP contribution in [0.4, 0.5) is 19.1 Å². The number of nitrogens with zero attached hydrogens (tertiary/aromatic N) is 4. The molecule has 0 spiro atoms. The van der Waals surface area contributed by atoms with Crippen molar-refractivity contribution in [2.75, 3.05) is 25.1 Å². The number of aromatic nitrogens is 3. The highest BCUT2D eigenvalue weighted by Gasteiger charge is 2.34. The van der Waals surface area contributed by atoms with E-state index in [-0.39, 0.29) is 11.6 Å². The van der Waals surface area contributed by atoms with Crippen LogP contribution in [-0.4, -0.2) is 35.2 Å². The second-order valence-corrected chi connectivity index (χ2v) is 5.22. The van der Waals surface area contributed by atoms with Gasteiger partial charge in [-0.25, -0.2) is 15.0 Å². The summed E-state index contributed by atoms with van der Waals surface area (Å²) in [6, 6.07) is 4.16. The number of alkyl halides is 3. The van der Waals surface area contributed by atoms with Crippen LogP contribution in [0.25, 0.3) is 11.3 Å².